The first-order chi connectivity index (χ1) is 5.34. The molecule has 0 N–H and O–H groups in total. The Morgan fingerprint density at radius 3 is 2.73 bits per heavy atom. The van der Waals surface area contributed by atoms with E-state index >= 15 is 0 Å². The Balaban J connectivity index is 2.62. The average molecular weight is 168 g/mol. The fraction of sp³-hybridized carbons (Fsp3) is 0.333. The van der Waals surface area contributed by atoms with Gasteiger partial charge in [-0.05, 0) is 25.5 Å². The third kappa shape index (κ3) is 2.56. The first kappa shape index (κ1) is 8.62. The van der Waals surface area contributed by atoms with E-state index < -0.39 is 0 Å². The fourth-order valence-electron chi connectivity index (χ4n) is 0.772. The van der Waals surface area contributed by atoms with Crippen molar-refractivity contribution in [1.82, 2.24) is 0 Å². The number of rotatable bonds is 3. The predicted octanol–water partition coefficient (Wildman–Crippen LogP) is 3.04. The molecule has 0 saturated carbocycles. The second-order valence-electron chi connectivity index (χ2n) is 2.26. The molecule has 0 saturated heterocycles. The highest BCUT2D eigenvalue weighted by Crippen LogP contribution is 2.21. The van der Waals surface area contributed by atoms with E-state index in [0.717, 1.165) is 6.61 Å². The van der Waals surface area contributed by atoms with E-state index in [9.17, 15) is 0 Å². The quantitative estimate of drug-likeness (QED) is 0.641. The molecule has 0 aliphatic rings. The molecule has 0 aliphatic heterocycles. The predicted molar refractivity (Wildman–Crippen MR) is 48.7 cm³/mol. The summed E-state index contributed by atoms with van der Waals surface area (Å²) >= 11 is 1.45. The molecule has 0 spiro atoms. The zero-order valence-corrected chi connectivity index (χ0v) is 7.65. The lowest BCUT2D eigenvalue weighted by Crippen LogP contribution is -1.81. The van der Waals surface area contributed by atoms with E-state index in [-0.39, 0.29) is 0 Å². The van der Waals surface area contributed by atoms with Crippen LogP contribution in [0, 0.1) is 6.92 Å². The summed E-state index contributed by atoms with van der Waals surface area (Å²) in [5.41, 5.74) is 1.27. The number of hydrogen-bond acceptors (Lipinski definition) is 2. The largest absolute Gasteiger partial charge is 0.311 e. The van der Waals surface area contributed by atoms with Gasteiger partial charge in [-0.1, -0.05) is 18.2 Å². The van der Waals surface area contributed by atoms with Gasteiger partial charge >= 0.3 is 0 Å². The van der Waals surface area contributed by atoms with Gasteiger partial charge in [0.2, 0.25) is 0 Å². The van der Waals surface area contributed by atoms with Crippen LogP contribution in [-0.2, 0) is 4.18 Å². The van der Waals surface area contributed by atoms with Crippen molar-refractivity contribution in [3.8, 4) is 0 Å². The minimum Gasteiger partial charge on any atom is -0.311 e. The molecule has 1 nitrogen and oxygen atoms in total. The van der Waals surface area contributed by atoms with Crippen LogP contribution in [0.2, 0.25) is 0 Å². The third-order valence-corrected chi connectivity index (χ3v) is 2.35. The molecule has 0 unspecified atom stereocenters. The van der Waals surface area contributed by atoms with Crippen molar-refractivity contribution < 1.29 is 4.18 Å². The van der Waals surface area contributed by atoms with E-state index in [1.807, 2.05) is 19.1 Å². The molecular weight excluding hydrogens is 156 g/mol. The third-order valence-electron chi connectivity index (χ3n) is 1.36. The summed E-state index contributed by atoms with van der Waals surface area (Å²) in [5, 5.41) is 0. The maximum Gasteiger partial charge on any atom is 0.0590 e. The van der Waals surface area contributed by atoms with Crippen molar-refractivity contribution in [2.45, 2.75) is 18.7 Å². The number of aryl methyl sites for hydroxylation is 1. The van der Waals surface area contributed by atoms with Crippen LogP contribution in [0.4, 0.5) is 0 Å². The summed E-state index contributed by atoms with van der Waals surface area (Å²) < 4.78 is 5.22. The lowest BCUT2D eigenvalue weighted by atomic mass is 10.2. The van der Waals surface area contributed by atoms with E-state index in [1.54, 1.807) is 0 Å². The van der Waals surface area contributed by atoms with Crippen LogP contribution in [0.15, 0.2) is 29.2 Å². The van der Waals surface area contributed by atoms with Gasteiger partial charge in [0, 0.05) is 16.9 Å². The molecule has 0 amide bonds. The van der Waals surface area contributed by atoms with Crippen molar-refractivity contribution in [1.29, 1.82) is 0 Å². The standard InChI is InChI=1S/C9H12OS/c1-3-10-11-9-7-5-4-6-8(9)2/h4-7H,3H2,1-2H3. The lowest BCUT2D eigenvalue weighted by molar-refractivity contribution is 0.401. The Hall–Kier alpha value is -0.470. The Morgan fingerprint density at radius 1 is 1.36 bits per heavy atom. The highest BCUT2D eigenvalue weighted by Gasteiger charge is 1.95. The summed E-state index contributed by atoms with van der Waals surface area (Å²) in [6.07, 6.45) is 0. The summed E-state index contributed by atoms with van der Waals surface area (Å²) in [6, 6.07) is 8.21. The van der Waals surface area contributed by atoms with Gasteiger partial charge in [-0.25, -0.2) is 0 Å². The summed E-state index contributed by atoms with van der Waals surface area (Å²) in [5.74, 6) is 0. The molecule has 1 aromatic carbocycles. The van der Waals surface area contributed by atoms with Gasteiger partial charge in [-0.15, -0.1) is 0 Å². The molecule has 0 aliphatic carbocycles. The van der Waals surface area contributed by atoms with Crippen LogP contribution >= 0.6 is 12.0 Å². The van der Waals surface area contributed by atoms with E-state index in [1.165, 1.54) is 22.5 Å². The zero-order chi connectivity index (χ0) is 8.10. The van der Waals surface area contributed by atoms with E-state index in [2.05, 4.69) is 19.1 Å². The van der Waals surface area contributed by atoms with Crippen molar-refractivity contribution in [3.05, 3.63) is 29.8 Å². The van der Waals surface area contributed by atoms with Crippen molar-refractivity contribution in [2.75, 3.05) is 6.61 Å². The van der Waals surface area contributed by atoms with Gasteiger partial charge in [0.1, 0.15) is 0 Å². The zero-order valence-electron chi connectivity index (χ0n) is 6.83. The minimum atomic E-state index is 0.749. The van der Waals surface area contributed by atoms with Crippen LogP contribution < -0.4 is 0 Å². The second-order valence-corrected chi connectivity index (χ2v) is 3.10. The molecule has 1 rings (SSSR count). The van der Waals surface area contributed by atoms with Crippen molar-refractivity contribution in [3.63, 3.8) is 0 Å². The van der Waals surface area contributed by atoms with Gasteiger partial charge in [0.25, 0.3) is 0 Å². The highest BCUT2D eigenvalue weighted by atomic mass is 32.2. The van der Waals surface area contributed by atoms with E-state index in [4.69, 9.17) is 4.18 Å². The van der Waals surface area contributed by atoms with Crippen molar-refractivity contribution >= 4 is 12.0 Å². The summed E-state index contributed by atoms with van der Waals surface area (Å²) in [7, 11) is 0. The second kappa shape index (κ2) is 4.42. The lowest BCUT2D eigenvalue weighted by Gasteiger charge is -2.02. The molecule has 0 fully saturated rings. The van der Waals surface area contributed by atoms with Gasteiger partial charge < -0.3 is 4.18 Å². The van der Waals surface area contributed by atoms with Crippen LogP contribution in [0.1, 0.15) is 12.5 Å². The molecular formula is C9H12OS. The van der Waals surface area contributed by atoms with Gasteiger partial charge in [-0.3, -0.25) is 0 Å². The maximum atomic E-state index is 5.22. The van der Waals surface area contributed by atoms with Crippen LogP contribution in [0.5, 0.6) is 0 Å². The molecule has 0 atom stereocenters. The van der Waals surface area contributed by atoms with Gasteiger partial charge in [0.05, 0.1) is 6.61 Å². The molecule has 0 heterocycles. The normalized spacial score (nSPS) is 10.0. The topological polar surface area (TPSA) is 9.23 Å². The maximum absolute atomic E-state index is 5.22. The first-order valence-corrected chi connectivity index (χ1v) is 4.44. The molecule has 2 heteroatoms. The Labute approximate surface area is 72.0 Å². The number of benzene rings is 1. The molecule has 0 radical (unpaired) electrons. The Morgan fingerprint density at radius 2 is 2.09 bits per heavy atom. The summed E-state index contributed by atoms with van der Waals surface area (Å²) in [4.78, 5) is 1.20. The van der Waals surface area contributed by atoms with Gasteiger partial charge in [-0.2, -0.15) is 0 Å². The van der Waals surface area contributed by atoms with Gasteiger partial charge in [0.15, 0.2) is 0 Å². The Kier molecular flexibility index (Phi) is 3.46. The van der Waals surface area contributed by atoms with E-state index in [0.29, 0.717) is 0 Å². The minimum absolute atomic E-state index is 0.749. The fourth-order valence-corrected chi connectivity index (χ4v) is 1.35. The Bertz CT molecular complexity index is 223. The average Bonchev–Trinajstić information content (AvgIpc) is 2.03. The molecule has 60 valence electrons. The van der Waals surface area contributed by atoms with Crippen LogP contribution in [0.25, 0.3) is 0 Å². The smallest absolute Gasteiger partial charge is 0.0590 e. The molecule has 0 aromatic heterocycles. The highest BCUT2D eigenvalue weighted by molar-refractivity contribution is 7.94. The van der Waals surface area contributed by atoms with Crippen LogP contribution in [-0.4, -0.2) is 6.61 Å². The molecule has 11 heavy (non-hydrogen) atoms. The molecule has 1 aromatic rings. The number of hydrogen-bond donors (Lipinski definition) is 0. The summed E-state index contributed by atoms with van der Waals surface area (Å²) in [6.45, 7) is 4.83. The van der Waals surface area contributed by atoms with Crippen molar-refractivity contribution in [2.24, 2.45) is 0 Å². The molecule has 0 bridgehead atoms. The monoisotopic (exact) mass is 168 g/mol. The van der Waals surface area contributed by atoms with Crippen LogP contribution in [0.3, 0.4) is 0 Å². The first-order valence-electron chi connectivity index (χ1n) is 3.69. The SMILES string of the molecule is CCOSc1ccccc1C.